The van der Waals surface area contributed by atoms with Crippen molar-refractivity contribution in [2.24, 2.45) is 5.92 Å². The van der Waals surface area contributed by atoms with E-state index in [1.54, 1.807) is 22.8 Å². The van der Waals surface area contributed by atoms with Gasteiger partial charge in [0.25, 0.3) is 5.56 Å². The van der Waals surface area contributed by atoms with Crippen LogP contribution in [-0.2, 0) is 6.54 Å². The molecule has 6 nitrogen and oxygen atoms in total. The number of hydrogen-bond acceptors (Lipinski definition) is 4. The number of allylic oxidation sites excluding steroid dienone is 2. The van der Waals surface area contributed by atoms with Crippen molar-refractivity contribution in [3.8, 4) is 0 Å². The van der Waals surface area contributed by atoms with E-state index < -0.39 is 0 Å². The Balaban J connectivity index is 1.36. The van der Waals surface area contributed by atoms with Crippen LogP contribution in [0.15, 0.2) is 53.2 Å². The molecule has 0 aromatic carbocycles. The third-order valence-corrected chi connectivity index (χ3v) is 5.65. The summed E-state index contributed by atoms with van der Waals surface area (Å²) < 4.78 is 3.78. The van der Waals surface area contributed by atoms with Gasteiger partial charge in [-0.2, -0.15) is 0 Å². The predicted molar refractivity (Wildman–Crippen MR) is 108 cm³/mol. The molecule has 7 heteroatoms. The Morgan fingerprint density at radius 3 is 2.93 bits per heavy atom. The summed E-state index contributed by atoms with van der Waals surface area (Å²) in [5.41, 5.74) is 8.02. The first-order valence-electron chi connectivity index (χ1n) is 9.15. The number of rotatable bonds is 6. The Bertz CT molecular complexity index is 1070. The molecule has 0 saturated heterocycles. The van der Waals surface area contributed by atoms with E-state index in [4.69, 9.17) is 17.3 Å². The Labute approximate surface area is 162 Å². The van der Waals surface area contributed by atoms with Gasteiger partial charge < -0.3 is 10.3 Å². The van der Waals surface area contributed by atoms with E-state index in [0.717, 1.165) is 30.3 Å². The van der Waals surface area contributed by atoms with Gasteiger partial charge in [-0.3, -0.25) is 9.36 Å². The minimum atomic E-state index is -0.0544. The molecule has 4 rings (SSSR count). The molecular weight excluding hydrogens is 362 g/mol. The van der Waals surface area contributed by atoms with Gasteiger partial charge >= 0.3 is 0 Å². The third-order valence-electron chi connectivity index (χ3n) is 5.32. The summed E-state index contributed by atoms with van der Waals surface area (Å²) in [6.45, 7) is 2.79. The van der Waals surface area contributed by atoms with Crippen molar-refractivity contribution in [3.05, 3.63) is 63.9 Å². The molecule has 3 heterocycles. The molecule has 2 N–H and O–H groups in total. The van der Waals surface area contributed by atoms with Crippen LogP contribution in [-0.4, -0.2) is 19.1 Å². The minimum absolute atomic E-state index is 0.0544. The number of hydrogen-bond donors (Lipinski definition) is 1. The maximum atomic E-state index is 11.9. The quantitative estimate of drug-likeness (QED) is 0.518. The standard InChI is InChI=1S/C20H22ClN5O/c1-13(25-8-7-16-19(22)23-12-24-20(16)25)5-6-14-9-15(10-14)11-26-17(21)3-2-4-18(26)27/h2-4,7-9,12-14H,5-6,10-11H2,1H3,(H2,22,23,24). The van der Waals surface area contributed by atoms with Crippen LogP contribution >= 0.6 is 11.6 Å². The molecular formula is C20H22ClN5O. The van der Waals surface area contributed by atoms with Gasteiger partial charge in [-0.25, -0.2) is 9.97 Å². The molecule has 3 aromatic rings. The fraction of sp³-hybridized carbons (Fsp3) is 0.350. The van der Waals surface area contributed by atoms with E-state index in [0.29, 0.717) is 29.5 Å². The molecule has 0 aliphatic heterocycles. The summed E-state index contributed by atoms with van der Waals surface area (Å²) in [6.07, 6.45) is 8.99. The molecule has 0 saturated carbocycles. The molecule has 140 valence electrons. The Morgan fingerprint density at radius 1 is 1.33 bits per heavy atom. The lowest BCUT2D eigenvalue weighted by molar-refractivity contribution is 0.420. The Hall–Kier alpha value is -2.60. The molecule has 0 radical (unpaired) electrons. The summed E-state index contributed by atoms with van der Waals surface area (Å²) >= 11 is 6.12. The number of aromatic nitrogens is 4. The van der Waals surface area contributed by atoms with Gasteiger partial charge in [0, 0.05) is 24.8 Å². The third kappa shape index (κ3) is 3.49. The second kappa shape index (κ2) is 7.19. The number of pyridine rings is 1. The van der Waals surface area contributed by atoms with Gasteiger partial charge in [-0.1, -0.05) is 29.3 Å². The monoisotopic (exact) mass is 383 g/mol. The van der Waals surface area contributed by atoms with E-state index >= 15 is 0 Å². The maximum absolute atomic E-state index is 11.9. The number of nitrogen functional groups attached to an aromatic ring is 1. The van der Waals surface area contributed by atoms with Gasteiger partial charge in [-0.05, 0) is 44.2 Å². The average Bonchev–Trinajstić information content (AvgIpc) is 3.04. The smallest absolute Gasteiger partial charge is 0.251 e. The number of nitrogens with two attached hydrogens (primary N) is 1. The zero-order valence-electron chi connectivity index (χ0n) is 15.2. The molecule has 1 aliphatic rings. The minimum Gasteiger partial charge on any atom is -0.383 e. The van der Waals surface area contributed by atoms with Crippen LogP contribution in [0, 0.1) is 5.92 Å². The van der Waals surface area contributed by atoms with Crippen LogP contribution in [0.25, 0.3) is 11.0 Å². The topological polar surface area (TPSA) is 78.7 Å². The fourth-order valence-corrected chi connectivity index (χ4v) is 3.95. The largest absolute Gasteiger partial charge is 0.383 e. The summed E-state index contributed by atoms with van der Waals surface area (Å²) in [6, 6.07) is 7.29. The molecule has 0 amide bonds. The molecule has 2 atom stereocenters. The number of fused-ring (bicyclic) bond motifs is 1. The van der Waals surface area contributed by atoms with Crippen molar-refractivity contribution in [1.82, 2.24) is 19.1 Å². The summed E-state index contributed by atoms with van der Waals surface area (Å²) in [4.78, 5) is 20.3. The first-order chi connectivity index (χ1) is 13.0. The normalized spacial score (nSPS) is 17.6. The van der Waals surface area contributed by atoms with Crippen molar-refractivity contribution in [2.45, 2.75) is 38.8 Å². The van der Waals surface area contributed by atoms with Crippen LogP contribution in [0.1, 0.15) is 32.2 Å². The lowest BCUT2D eigenvalue weighted by Crippen LogP contribution is -2.24. The molecule has 27 heavy (non-hydrogen) atoms. The van der Waals surface area contributed by atoms with Crippen molar-refractivity contribution < 1.29 is 0 Å². The highest BCUT2D eigenvalue weighted by atomic mass is 35.5. The van der Waals surface area contributed by atoms with E-state index in [1.807, 2.05) is 12.3 Å². The van der Waals surface area contributed by atoms with Crippen LogP contribution in [0.5, 0.6) is 0 Å². The van der Waals surface area contributed by atoms with Crippen LogP contribution in [0.4, 0.5) is 5.82 Å². The highest BCUT2D eigenvalue weighted by Gasteiger charge is 2.21. The van der Waals surface area contributed by atoms with E-state index in [-0.39, 0.29) is 5.56 Å². The summed E-state index contributed by atoms with van der Waals surface area (Å²) in [5, 5.41) is 1.39. The first-order valence-corrected chi connectivity index (χ1v) is 9.52. The van der Waals surface area contributed by atoms with Gasteiger partial charge in [-0.15, -0.1) is 0 Å². The second-order valence-electron chi connectivity index (χ2n) is 7.21. The van der Waals surface area contributed by atoms with Crippen molar-refractivity contribution >= 4 is 28.5 Å². The zero-order chi connectivity index (χ0) is 19.0. The summed E-state index contributed by atoms with van der Waals surface area (Å²) in [5.74, 6) is 1.08. The van der Waals surface area contributed by atoms with Crippen molar-refractivity contribution in [3.63, 3.8) is 0 Å². The number of anilines is 1. The van der Waals surface area contributed by atoms with E-state index in [9.17, 15) is 4.79 Å². The second-order valence-corrected chi connectivity index (χ2v) is 7.59. The number of nitrogens with zero attached hydrogens (tertiary/aromatic N) is 4. The SMILES string of the molecule is CC(CCC1C=C(Cn2c(Cl)cccc2=O)C1)n1ccc2c(N)ncnc21. The van der Waals surface area contributed by atoms with Gasteiger partial charge in [0.05, 0.1) is 5.39 Å². The highest BCUT2D eigenvalue weighted by molar-refractivity contribution is 6.29. The lowest BCUT2D eigenvalue weighted by atomic mass is 9.82. The van der Waals surface area contributed by atoms with E-state index in [1.165, 1.54) is 11.9 Å². The first kappa shape index (κ1) is 17.8. The van der Waals surface area contributed by atoms with Crippen LogP contribution in [0.3, 0.4) is 0 Å². The fourth-order valence-electron chi connectivity index (χ4n) is 3.73. The zero-order valence-corrected chi connectivity index (χ0v) is 15.9. The molecule has 2 unspecified atom stereocenters. The van der Waals surface area contributed by atoms with Crippen molar-refractivity contribution in [1.29, 1.82) is 0 Å². The average molecular weight is 384 g/mol. The molecule has 0 bridgehead atoms. The molecule has 1 aliphatic carbocycles. The van der Waals surface area contributed by atoms with Gasteiger partial charge in [0.1, 0.15) is 22.9 Å². The molecule has 0 fully saturated rings. The maximum Gasteiger partial charge on any atom is 0.251 e. The van der Waals surface area contributed by atoms with Crippen molar-refractivity contribution in [2.75, 3.05) is 5.73 Å². The van der Waals surface area contributed by atoms with Gasteiger partial charge in [0.2, 0.25) is 0 Å². The van der Waals surface area contributed by atoms with Crippen LogP contribution in [0.2, 0.25) is 5.15 Å². The highest BCUT2D eigenvalue weighted by Crippen LogP contribution is 2.33. The predicted octanol–water partition coefficient (Wildman–Crippen LogP) is 3.82. The Kier molecular flexibility index (Phi) is 4.74. The lowest BCUT2D eigenvalue weighted by Gasteiger charge is -2.27. The van der Waals surface area contributed by atoms with Crippen LogP contribution < -0.4 is 11.3 Å². The molecule has 0 spiro atoms. The van der Waals surface area contributed by atoms with E-state index in [2.05, 4.69) is 27.5 Å². The van der Waals surface area contributed by atoms with Gasteiger partial charge in [0.15, 0.2) is 0 Å². The summed E-state index contributed by atoms with van der Waals surface area (Å²) in [7, 11) is 0. The number of halogens is 1. The molecule has 3 aromatic heterocycles. The Morgan fingerprint density at radius 2 is 2.15 bits per heavy atom.